The van der Waals surface area contributed by atoms with Crippen molar-refractivity contribution >= 4 is 27.6 Å². The van der Waals surface area contributed by atoms with E-state index in [4.69, 9.17) is 0 Å². The summed E-state index contributed by atoms with van der Waals surface area (Å²) in [5.74, 6) is 0.889. The third-order valence-corrected chi connectivity index (χ3v) is 6.85. The first-order chi connectivity index (χ1) is 10.1. The SMILES string of the molecule is CSc1nccc(N2CCCN(S(=O)(=O)C3CC3)CC2)n1. The fraction of sp³-hybridized carbons (Fsp3) is 0.692. The minimum atomic E-state index is -3.06. The maximum Gasteiger partial charge on any atom is 0.217 e. The highest BCUT2D eigenvalue weighted by atomic mass is 32.2. The highest BCUT2D eigenvalue weighted by molar-refractivity contribution is 7.98. The summed E-state index contributed by atoms with van der Waals surface area (Å²) in [5, 5.41) is 0.630. The van der Waals surface area contributed by atoms with E-state index < -0.39 is 10.0 Å². The average Bonchev–Trinajstić information content (AvgIpc) is 3.33. The fourth-order valence-corrected chi connectivity index (χ4v) is 4.78. The van der Waals surface area contributed by atoms with Gasteiger partial charge in [-0.3, -0.25) is 0 Å². The minimum Gasteiger partial charge on any atom is -0.355 e. The highest BCUT2D eigenvalue weighted by Crippen LogP contribution is 2.31. The van der Waals surface area contributed by atoms with Crippen molar-refractivity contribution in [2.45, 2.75) is 29.7 Å². The second kappa shape index (κ2) is 6.10. The molecule has 6 nitrogen and oxygen atoms in total. The Morgan fingerprint density at radius 3 is 2.76 bits per heavy atom. The number of rotatable bonds is 4. The fourth-order valence-electron chi connectivity index (χ4n) is 2.56. The van der Waals surface area contributed by atoms with Crippen LogP contribution in [0.15, 0.2) is 17.4 Å². The molecule has 116 valence electrons. The number of aromatic nitrogens is 2. The molecule has 0 amide bonds. The largest absolute Gasteiger partial charge is 0.355 e. The Balaban J connectivity index is 1.70. The Hall–Kier alpha value is -0.860. The standard InChI is InChI=1S/C13H20N4O2S2/c1-20-13-14-6-5-12(15-13)16-7-2-8-17(10-9-16)21(18,19)11-3-4-11/h5-6,11H,2-4,7-10H2,1H3. The molecule has 0 N–H and O–H groups in total. The van der Waals surface area contributed by atoms with E-state index in [-0.39, 0.29) is 5.25 Å². The summed E-state index contributed by atoms with van der Waals surface area (Å²) < 4.78 is 26.3. The topological polar surface area (TPSA) is 66.4 Å². The van der Waals surface area contributed by atoms with Gasteiger partial charge in [-0.2, -0.15) is 4.31 Å². The molecule has 0 atom stereocenters. The van der Waals surface area contributed by atoms with E-state index in [0.717, 1.165) is 36.8 Å². The molecule has 1 aromatic heterocycles. The lowest BCUT2D eigenvalue weighted by molar-refractivity contribution is 0.432. The predicted octanol–water partition coefficient (Wildman–Crippen LogP) is 1.20. The number of hydrogen-bond acceptors (Lipinski definition) is 6. The number of anilines is 1. The summed E-state index contributed by atoms with van der Waals surface area (Å²) >= 11 is 1.51. The molecule has 8 heteroatoms. The molecule has 21 heavy (non-hydrogen) atoms. The summed E-state index contributed by atoms with van der Waals surface area (Å²) in [6, 6.07) is 1.89. The van der Waals surface area contributed by atoms with E-state index >= 15 is 0 Å². The highest BCUT2D eigenvalue weighted by Gasteiger charge is 2.40. The van der Waals surface area contributed by atoms with E-state index in [0.29, 0.717) is 19.6 Å². The first-order valence-electron chi connectivity index (χ1n) is 7.22. The molecule has 0 radical (unpaired) electrons. The Kier molecular flexibility index (Phi) is 4.37. The van der Waals surface area contributed by atoms with Gasteiger partial charge in [0.25, 0.3) is 0 Å². The quantitative estimate of drug-likeness (QED) is 0.611. The first kappa shape index (κ1) is 15.1. The van der Waals surface area contributed by atoms with Crippen LogP contribution in [0.1, 0.15) is 19.3 Å². The average molecular weight is 328 g/mol. The van der Waals surface area contributed by atoms with Crippen molar-refractivity contribution in [1.29, 1.82) is 0 Å². The Morgan fingerprint density at radius 1 is 1.24 bits per heavy atom. The van der Waals surface area contributed by atoms with Crippen molar-refractivity contribution in [1.82, 2.24) is 14.3 Å². The molecule has 1 aromatic rings. The Morgan fingerprint density at radius 2 is 2.05 bits per heavy atom. The van der Waals surface area contributed by atoms with Crippen LogP contribution in [0, 0.1) is 0 Å². The lowest BCUT2D eigenvalue weighted by Gasteiger charge is -2.22. The summed E-state index contributed by atoms with van der Waals surface area (Å²) in [6.07, 6.45) is 6.20. The van der Waals surface area contributed by atoms with Crippen LogP contribution in [0.5, 0.6) is 0 Å². The maximum absolute atomic E-state index is 12.3. The van der Waals surface area contributed by atoms with Gasteiger partial charge in [-0.25, -0.2) is 18.4 Å². The Bertz CT molecular complexity index is 604. The van der Waals surface area contributed by atoms with Crippen LogP contribution in [-0.4, -0.2) is 60.4 Å². The molecule has 2 fully saturated rings. The Labute approximate surface area is 130 Å². The van der Waals surface area contributed by atoms with Crippen molar-refractivity contribution in [3.8, 4) is 0 Å². The van der Waals surface area contributed by atoms with Crippen LogP contribution in [-0.2, 0) is 10.0 Å². The van der Waals surface area contributed by atoms with Crippen molar-refractivity contribution < 1.29 is 8.42 Å². The molecular formula is C13H20N4O2S2. The molecule has 2 aliphatic rings. The van der Waals surface area contributed by atoms with Gasteiger partial charge in [-0.15, -0.1) is 0 Å². The van der Waals surface area contributed by atoms with Gasteiger partial charge in [0.15, 0.2) is 5.16 Å². The van der Waals surface area contributed by atoms with Crippen LogP contribution in [0.25, 0.3) is 0 Å². The van der Waals surface area contributed by atoms with Crippen molar-refractivity contribution in [3.63, 3.8) is 0 Å². The molecule has 0 unspecified atom stereocenters. The van der Waals surface area contributed by atoms with E-state index in [9.17, 15) is 8.42 Å². The van der Waals surface area contributed by atoms with Gasteiger partial charge in [-0.1, -0.05) is 11.8 Å². The zero-order chi connectivity index (χ0) is 14.9. The molecule has 1 aliphatic carbocycles. The summed E-state index contributed by atoms with van der Waals surface area (Å²) in [7, 11) is -3.06. The third-order valence-electron chi connectivity index (χ3n) is 3.89. The van der Waals surface area contributed by atoms with Crippen LogP contribution in [0.4, 0.5) is 5.82 Å². The van der Waals surface area contributed by atoms with Gasteiger partial charge in [0.1, 0.15) is 5.82 Å². The van der Waals surface area contributed by atoms with Crippen LogP contribution in [0.3, 0.4) is 0 Å². The monoisotopic (exact) mass is 328 g/mol. The van der Waals surface area contributed by atoms with Gasteiger partial charge in [-0.05, 0) is 31.6 Å². The second-order valence-corrected chi connectivity index (χ2v) is 8.37. The molecule has 3 rings (SSSR count). The van der Waals surface area contributed by atoms with Gasteiger partial charge < -0.3 is 4.90 Å². The van der Waals surface area contributed by atoms with E-state index in [1.165, 1.54) is 11.8 Å². The van der Waals surface area contributed by atoms with Gasteiger partial charge in [0.05, 0.1) is 5.25 Å². The summed E-state index contributed by atoms with van der Waals surface area (Å²) in [6.45, 7) is 2.70. The molecule has 1 saturated carbocycles. The number of thioether (sulfide) groups is 1. The molecular weight excluding hydrogens is 308 g/mol. The van der Waals surface area contributed by atoms with Crippen LogP contribution >= 0.6 is 11.8 Å². The maximum atomic E-state index is 12.3. The molecule has 0 aromatic carbocycles. The van der Waals surface area contributed by atoms with Gasteiger partial charge in [0.2, 0.25) is 10.0 Å². The van der Waals surface area contributed by atoms with Gasteiger partial charge >= 0.3 is 0 Å². The predicted molar refractivity (Wildman–Crippen MR) is 84.2 cm³/mol. The third kappa shape index (κ3) is 3.32. The van der Waals surface area contributed by atoms with Crippen molar-refractivity contribution in [2.24, 2.45) is 0 Å². The first-order valence-corrected chi connectivity index (χ1v) is 9.95. The molecule has 0 spiro atoms. The van der Waals surface area contributed by atoms with Crippen LogP contribution in [0.2, 0.25) is 0 Å². The van der Waals surface area contributed by atoms with E-state index in [2.05, 4.69) is 14.9 Å². The second-order valence-electron chi connectivity index (χ2n) is 5.39. The van der Waals surface area contributed by atoms with Crippen molar-refractivity contribution in [2.75, 3.05) is 37.3 Å². The van der Waals surface area contributed by atoms with E-state index in [1.807, 2.05) is 12.3 Å². The summed E-state index contributed by atoms with van der Waals surface area (Å²) in [5.41, 5.74) is 0. The zero-order valence-electron chi connectivity index (χ0n) is 12.1. The number of sulfonamides is 1. The minimum absolute atomic E-state index is 0.119. The lowest BCUT2D eigenvalue weighted by atomic mass is 10.4. The van der Waals surface area contributed by atoms with E-state index in [1.54, 1.807) is 10.5 Å². The molecule has 2 heterocycles. The smallest absolute Gasteiger partial charge is 0.217 e. The lowest BCUT2D eigenvalue weighted by Crippen LogP contribution is -2.37. The molecule has 0 bridgehead atoms. The van der Waals surface area contributed by atoms with Crippen LogP contribution < -0.4 is 4.90 Å². The number of nitrogens with zero attached hydrogens (tertiary/aromatic N) is 4. The number of hydrogen-bond donors (Lipinski definition) is 0. The van der Waals surface area contributed by atoms with Crippen molar-refractivity contribution in [3.05, 3.63) is 12.3 Å². The summed E-state index contributed by atoms with van der Waals surface area (Å²) in [4.78, 5) is 10.8. The molecule has 1 saturated heterocycles. The zero-order valence-corrected chi connectivity index (χ0v) is 13.7. The molecule has 1 aliphatic heterocycles. The van der Waals surface area contributed by atoms with Gasteiger partial charge in [0, 0.05) is 32.4 Å². The normalized spacial score (nSPS) is 21.3.